The van der Waals surface area contributed by atoms with E-state index in [4.69, 9.17) is 9.26 Å². The van der Waals surface area contributed by atoms with Crippen LogP contribution in [0, 0.1) is 5.82 Å². The minimum atomic E-state index is -0.280. The third kappa shape index (κ3) is 2.52. The lowest BCUT2D eigenvalue weighted by molar-refractivity contribution is 0.191. The Labute approximate surface area is 129 Å². The number of piperidine rings is 1. The Bertz CT molecular complexity index is 689. The molecule has 1 unspecified atom stereocenters. The standard InChI is InChI=1S/C17H21FN2O2/c1-17(2)15(21-17)10-20-7-5-11(6-8-20)16-13-4-3-12(18)9-14(13)22-19-16/h3-4,9,11,15H,5-8,10H2,1-2H3. The van der Waals surface area contributed by atoms with Crippen LogP contribution in [-0.4, -0.2) is 41.4 Å². The predicted octanol–water partition coefficient (Wildman–Crippen LogP) is 3.32. The molecule has 4 rings (SSSR count). The van der Waals surface area contributed by atoms with Crippen molar-refractivity contribution in [2.24, 2.45) is 0 Å². The van der Waals surface area contributed by atoms with Gasteiger partial charge < -0.3 is 14.2 Å². The van der Waals surface area contributed by atoms with E-state index in [-0.39, 0.29) is 11.4 Å². The summed E-state index contributed by atoms with van der Waals surface area (Å²) in [6.45, 7) is 7.41. The molecular weight excluding hydrogens is 283 g/mol. The average Bonchev–Trinajstić information content (AvgIpc) is 2.91. The SMILES string of the molecule is CC1(C)OC1CN1CCC(c2noc3cc(F)ccc23)CC1. The first-order chi connectivity index (χ1) is 10.5. The van der Waals surface area contributed by atoms with Crippen LogP contribution < -0.4 is 0 Å². The maximum atomic E-state index is 13.2. The number of benzene rings is 1. The average molecular weight is 304 g/mol. The van der Waals surface area contributed by atoms with Crippen molar-refractivity contribution in [3.63, 3.8) is 0 Å². The summed E-state index contributed by atoms with van der Waals surface area (Å²) in [4.78, 5) is 2.47. The van der Waals surface area contributed by atoms with Crippen molar-refractivity contribution in [3.8, 4) is 0 Å². The van der Waals surface area contributed by atoms with Crippen LogP contribution >= 0.6 is 0 Å². The van der Waals surface area contributed by atoms with Crippen LogP contribution in [-0.2, 0) is 4.74 Å². The molecule has 4 nitrogen and oxygen atoms in total. The zero-order chi connectivity index (χ0) is 15.3. The van der Waals surface area contributed by atoms with Gasteiger partial charge >= 0.3 is 0 Å². The van der Waals surface area contributed by atoms with E-state index >= 15 is 0 Å². The number of rotatable bonds is 3. The first kappa shape index (κ1) is 14.2. The quantitative estimate of drug-likeness (QED) is 0.816. The minimum absolute atomic E-state index is 0.0588. The van der Waals surface area contributed by atoms with Crippen LogP contribution in [0.4, 0.5) is 4.39 Å². The summed E-state index contributed by atoms with van der Waals surface area (Å²) in [5.74, 6) is 0.119. The van der Waals surface area contributed by atoms with Crippen LogP contribution in [0.2, 0.25) is 0 Å². The summed E-state index contributed by atoms with van der Waals surface area (Å²) in [5.41, 5.74) is 1.59. The summed E-state index contributed by atoms with van der Waals surface area (Å²) in [5, 5.41) is 5.15. The molecule has 22 heavy (non-hydrogen) atoms. The summed E-state index contributed by atoms with van der Waals surface area (Å²) in [7, 11) is 0. The molecular formula is C17H21FN2O2. The van der Waals surface area contributed by atoms with Gasteiger partial charge in [-0.3, -0.25) is 0 Å². The van der Waals surface area contributed by atoms with Crippen LogP contribution in [0.1, 0.15) is 38.3 Å². The fourth-order valence-electron chi connectivity index (χ4n) is 3.44. The second-order valence-electron chi connectivity index (χ2n) is 6.99. The van der Waals surface area contributed by atoms with Crippen molar-refractivity contribution < 1.29 is 13.7 Å². The number of aromatic nitrogens is 1. The fraction of sp³-hybridized carbons (Fsp3) is 0.588. The monoisotopic (exact) mass is 304 g/mol. The molecule has 0 radical (unpaired) electrons. The van der Waals surface area contributed by atoms with Gasteiger partial charge in [-0.25, -0.2) is 4.39 Å². The fourth-order valence-corrected chi connectivity index (χ4v) is 3.44. The van der Waals surface area contributed by atoms with E-state index in [2.05, 4.69) is 23.9 Å². The molecule has 2 aromatic rings. The van der Waals surface area contributed by atoms with Crippen molar-refractivity contribution >= 4 is 11.0 Å². The van der Waals surface area contributed by atoms with E-state index in [1.807, 2.05) is 0 Å². The van der Waals surface area contributed by atoms with E-state index in [1.54, 1.807) is 6.07 Å². The van der Waals surface area contributed by atoms with Crippen LogP contribution in [0.3, 0.4) is 0 Å². The highest BCUT2D eigenvalue weighted by molar-refractivity contribution is 5.79. The second-order valence-corrected chi connectivity index (χ2v) is 6.99. The maximum absolute atomic E-state index is 13.2. The second kappa shape index (κ2) is 5.03. The molecule has 0 amide bonds. The number of likely N-dealkylation sites (tertiary alicyclic amines) is 1. The van der Waals surface area contributed by atoms with Gasteiger partial charge in [0.25, 0.3) is 0 Å². The van der Waals surface area contributed by atoms with Crippen LogP contribution in [0.5, 0.6) is 0 Å². The normalized spacial score (nSPS) is 25.7. The van der Waals surface area contributed by atoms with Crippen molar-refractivity contribution in [2.75, 3.05) is 19.6 Å². The Hall–Kier alpha value is -1.46. The van der Waals surface area contributed by atoms with E-state index in [1.165, 1.54) is 12.1 Å². The van der Waals surface area contributed by atoms with Gasteiger partial charge in [-0.15, -0.1) is 0 Å². The molecule has 2 saturated heterocycles. The third-order valence-electron chi connectivity index (χ3n) is 5.02. The lowest BCUT2D eigenvalue weighted by Crippen LogP contribution is -2.36. The van der Waals surface area contributed by atoms with Crippen LogP contribution in [0.25, 0.3) is 11.0 Å². The molecule has 0 aliphatic carbocycles. The Kier molecular flexibility index (Phi) is 3.24. The summed E-state index contributed by atoms with van der Waals surface area (Å²) < 4.78 is 24.2. The lowest BCUT2D eigenvalue weighted by Gasteiger charge is -2.30. The van der Waals surface area contributed by atoms with E-state index in [0.717, 1.165) is 43.6 Å². The molecule has 3 heterocycles. The van der Waals surface area contributed by atoms with E-state index in [0.29, 0.717) is 17.6 Å². The molecule has 0 N–H and O–H groups in total. The van der Waals surface area contributed by atoms with E-state index in [9.17, 15) is 4.39 Å². The Morgan fingerprint density at radius 1 is 1.32 bits per heavy atom. The largest absolute Gasteiger partial charge is 0.365 e. The number of hydrogen-bond donors (Lipinski definition) is 0. The maximum Gasteiger partial charge on any atom is 0.170 e. The number of hydrogen-bond acceptors (Lipinski definition) is 4. The highest BCUT2D eigenvalue weighted by Crippen LogP contribution is 2.37. The van der Waals surface area contributed by atoms with Gasteiger partial charge in [0.1, 0.15) is 5.82 Å². The van der Waals surface area contributed by atoms with Gasteiger partial charge in [-0.2, -0.15) is 0 Å². The zero-order valence-corrected chi connectivity index (χ0v) is 13.0. The lowest BCUT2D eigenvalue weighted by atomic mass is 9.91. The predicted molar refractivity (Wildman–Crippen MR) is 81.3 cm³/mol. The van der Waals surface area contributed by atoms with Crippen molar-refractivity contribution in [1.82, 2.24) is 10.1 Å². The molecule has 0 spiro atoms. The Morgan fingerprint density at radius 2 is 2.05 bits per heavy atom. The number of ether oxygens (including phenoxy) is 1. The van der Waals surface area contributed by atoms with Crippen molar-refractivity contribution in [2.45, 2.75) is 44.3 Å². The van der Waals surface area contributed by atoms with Gasteiger partial charge in [0.05, 0.1) is 17.4 Å². The first-order valence-electron chi connectivity index (χ1n) is 7.98. The van der Waals surface area contributed by atoms with Crippen LogP contribution in [0.15, 0.2) is 22.7 Å². The van der Waals surface area contributed by atoms with Gasteiger partial charge in [-0.05, 0) is 51.9 Å². The molecule has 2 fully saturated rings. The molecule has 0 bridgehead atoms. The highest BCUT2D eigenvalue weighted by atomic mass is 19.1. The molecule has 1 aromatic heterocycles. The number of epoxide rings is 1. The number of halogens is 1. The third-order valence-corrected chi connectivity index (χ3v) is 5.02. The summed E-state index contributed by atoms with van der Waals surface area (Å²) in [6, 6.07) is 4.67. The van der Waals surface area contributed by atoms with E-state index < -0.39 is 0 Å². The van der Waals surface area contributed by atoms with Gasteiger partial charge in [0.2, 0.25) is 0 Å². The van der Waals surface area contributed by atoms with Crippen molar-refractivity contribution in [1.29, 1.82) is 0 Å². The number of nitrogens with zero attached hydrogens (tertiary/aromatic N) is 2. The topological polar surface area (TPSA) is 41.8 Å². The Morgan fingerprint density at radius 3 is 2.73 bits per heavy atom. The summed E-state index contributed by atoms with van der Waals surface area (Å²) in [6.07, 6.45) is 2.50. The molecule has 1 aromatic carbocycles. The molecule has 118 valence electrons. The summed E-state index contributed by atoms with van der Waals surface area (Å²) >= 11 is 0. The minimum Gasteiger partial charge on any atom is -0.365 e. The van der Waals surface area contributed by atoms with Gasteiger partial charge in [0, 0.05) is 23.9 Å². The molecule has 0 saturated carbocycles. The highest BCUT2D eigenvalue weighted by Gasteiger charge is 2.48. The molecule has 5 heteroatoms. The number of fused-ring (bicyclic) bond motifs is 1. The van der Waals surface area contributed by atoms with Crippen molar-refractivity contribution in [3.05, 3.63) is 29.7 Å². The molecule has 2 aliphatic heterocycles. The van der Waals surface area contributed by atoms with Gasteiger partial charge in [0.15, 0.2) is 5.58 Å². The van der Waals surface area contributed by atoms with Gasteiger partial charge in [-0.1, -0.05) is 5.16 Å². The molecule has 2 aliphatic rings. The Balaban J connectivity index is 1.42. The smallest absolute Gasteiger partial charge is 0.170 e. The zero-order valence-electron chi connectivity index (χ0n) is 13.0. The first-order valence-corrected chi connectivity index (χ1v) is 7.98. The molecule has 1 atom stereocenters.